The summed E-state index contributed by atoms with van der Waals surface area (Å²) in [6, 6.07) is 1.88. The van der Waals surface area contributed by atoms with Crippen molar-refractivity contribution in [1.29, 1.82) is 0 Å². The smallest absolute Gasteiger partial charge is 0.130 e. The highest BCUT2D eigenvalue weighted by Gasteiger charge is 2.14. The first-order valence-corrected chi connectivity index (χ1v) is 6.90. The van der Waals surface area contributed by atoms with Crippen molar-refractivity contribution in [3.05, 3.63) is 16.5 Å². The molecule has 0 unspecified atom stereocenters. The van der Waals surface area contributed by atoms with Crippen LogP contribution in [0.25, 0.3) is 0 Å². The van der Waals surface area contributed by atoms with Crippen molar-refractivity contribution in [3.8, 4) is 0 Å². The average Bonchev–Trinajstić information content (AvgIpc) is 2.76. The molecule has 0 spiro atoms. The van der Waals surface area contributed by atoms with Gasteiger partial charge in [0.2, 0.25) is 0 Å². The van der Waals surface area contributed by atoms with Gasteiger partial charge in [-0.05, 0) is 35.7 Å². The lowest BCUT2D eigenvalue weighted by Crippen LogP contribution is -2.16. The molecule has 17 heavy (non-hydrogen) atoms. The molecule has 1 aliphatic carbocycles. The zero-order valence-electron chi connectivity index (χ0n) is 10.1. The van der Waals surface area contributed by atoms with E-state index in [0.29, 0.717) is 6.10 Å². The van der Waals surface area contributed by atoms with E-state index in [0.717, 1.165) is 29.4 Å². The van der Waals surface area contributed by atoms with Crippen molar-refractivity contribution in [2.24, 2.45) is 0 Å². The third kappa shape index (κ3) is 4.24. The van der Waals surface area contributed by atoms with Crippen LogP contribution in [0.5, 0.6) is 0 Å². The van der Waals surface area contributed by atoms with Crippen LogP contribution in [0.1, 0.15) is 31.5 Å². The van der Waals surface area contributed by atoms with Crippen LogP contribution in [-0.2, 0) is 4.74 Å². The first-order valence-electron chi connectivity index (χ1n) is 6.11. The number of anilines is 1. The molecule has 0 aromatic carbocycles. The summed E-state index contributed by atoms with van der Waals surface area (Å²) >= 11 is 3.35. The molecule has 5 heteroatoms. The number of nitrogens with one attached hydrogen (secondary N) is 1. The molecular weight excluding hydrogens is 282 g/mol. The number of hydrogen-bond donors (Lipinski definition) is 1. The van der Waals surface area contributed by atoms with Gasteiger partial charge >= 0.3 is 0 Å². The maximum absolute atomic E-state index is 5.77. The maximum atomic E-state index is 5.77. The lowest BCUT2D eigenvalue weighted by molar-refractivity contribution is 0.0658. The second kappa shape index (κ2) is 6.31. The monoisotopic (exact) mass is 299 g/mol. The van der Waals surface area contributed by atoms with Crippen LogP contribution < -0.4 is 5.32 Å². The van der Waals surface area contributed by atoms with Crippen LogP contribution in [0.2, 0.25) is 0 Å². The van der Waals surface area contributed by atoms with Gasteiger partial charge in [-0.3, -0.25) is 0 Å². The highest BCUT2D eigenvalue weighted by molar-refractivity contribution is 9.10. The van der Waals surface area contributed by atoms with Gasteiger partial charge in [-0.25, -0.2) is 9.97 Å². The summed E-state index contributed by atoms with van der Waals surface area (Å²) < 4.78 is 6.58. The fraction of sp³-hybridized carbons (Fsp3) is 0.667. The fourth-order valence-electron chi connectivity index (χ4n) is 2.08. The average molecular weight is 300 g/mol. The van der Waals surface area contributed by atoms with Crippen LogP contribution in [0.4, 0.5) is 5.82 Å². The van der Waals surface area contributed by atoms with Crippen molar-refractivity contribution in [1.82, 2.24) is 9.97 Å². The lowest BCUT2D eigenvalue weighted by Gasteiger charge is -2.11. The van der Waals surface area contributed by atoms with Crippen molar-refractivity contribution < 1.29 is 4.74 Å². The van der Waals surface area contributed by atoms with E-state index in [1.54, 1.807) is 0 Å². The molecule has 0 aliphatic heterocycles. The van der Waals surface area contributed by atoms with Gasteiger partial charge in [0.25, 0.3) is 0 Å². The molecule has 0 radical (unpaired) electrons. The molecule has 1 aromatic heterocycles. The van der Waals surface area contributed by atoms with E-state index in [4.69, 9.17) is 4.74 Å². The van der Waals surface area contributed by atoms with E-state index in [9.17, 15) is 0 Å². The number of aromatic nitrogens is 2. The quantitative estimate of drug-likeness (QED) is 0.671. The second-order valence-corrected chi connectivity index (χ2v) is 5.14. The Bertz CT molecular complexity index is 347. The van der Waals surface area contributed by atoms with E-state index < -0.39 is 0 Å². The minimum atomic E-state index is 0.482. The highest BCUT2D eigenvalue weighted by atomic mass is 79.9. The molecule has 0 amide bonds. The molecule has 4 nitrogen and oxygen atoms in total. The Labute approximate surface area is 110 Å². The van der Waals surface area contributed by atoms with Gasteiger partial charge in [-0.15, -0.1) is 0 Å². The van der Waals surface area contributed by atoms with Gasteiger partial charge in [0, 0.05) is 12.6 Å². The van der Waals surface area contributed by atoms with E-state index in [2.05, 4.69) is 31.2 Å². The summed E-state index contributed by atoms with van der Waals surface area (Å²) in [5.74, 6) is 1.61. The van der Waals surface area contributed by atoms with Crippen molar-refractivity contribution in [2.75, 3.05) is 18.5 Å². The van der Waals surface area contributed by atoms with Gasteiger partial charge in [0.05, 0.1) is 12.7 Å². The molecule has 1 N–H and O–H groups in total. The maximum Gasteiger partial charge on any atom is 0.130 e. The third-order valence-electron chi connectivity index (χ3n) is 2.87. The van der Waals surface area contributed by atoms with Gasteiger partial charge in [0.1, 0.15) is 16.2 Å². The third-order valence-corrected chi connectivity index (χ3v) is 3.28. The van der Waals surface area contributed by atoms with E-state index in [1.807, 2.05) is 13.0 Å². The van der Waals surface area contributed by atoms with Gasteiger partial charge < -0.3 is 10.1 Å². The minimum Gasteiger partial charge on any atom is -0.376 e. The number of aryl methyl sites for hydroxylation is 1. The summed E-state index contributed by atoms with van der Waals surface area (Å²) in [5.41, 5.74) is 0. The summed E-state index contributed by atoms with van der Waals surface area (Å²) in [7, 11) is 0. The van der Waals surface area contributed by atoms with Crippen molar-refractivity contribution >= 4 is 21.7 Å². The predicted molar refractivity (Wildman–Crippen MR) is 71.2 cm³/mol. The topological polar surface area (TPSA) is 47.0 Å². The van der Waals surface area contributed by atoms with Crippen LogP contribution in [0.3, 0.4) is 0 Å². The largest absolute Gasteiger partial charge is 0.376 e. The molecule has 1 saturated carbocycles. The Morgan fingerprint density at radius 2 is 2.18 bits per heavy atom. The molecule has 1 heterocycles. The van der Waals surface area contributed by atoms with Crippen molar-refractivity contribution in [2.45, 2.75) is 38.7 Å². The molecule has 1 aromatic rings. The summed E-state index contributed by atoms with van der Waals surface area (Å²) in [6.07, 6.45) is 5.55. The standard InChI is InChI=1S/C12H18BrN3O/c1-9-15-11(13)8-12(16-9)14-6-7-17-10-4-2-3-5-10/h8,10H,2-7H2,1H3,(H,14,15,16). The Morgan fingerprint density at radius 1 is 1.41 bits per heavy atom. The van der Waals surface area contributed by atoms with E-state index in [-0.39, 0.29) is 0 Å². The molecular formula is C12H18BrN3O. The molecule has 0 saturated heterocycles. The molecule has 0 atom stereocenters. The number of halogens is 1. The van der Waals surface area contributed by atoms with Gasteiger partial charge in [-0.1, -0.05) is 12.8 Å². The first-order chi connectivity index (χ1) is 8.24. The minimum absolute atomic E-state index is 0.482. The van der Waals surface area contributed by atoms with Gasteiger partial charge in [0.15, 0.2) is 0 Å². The fourth-order valence-corrected chi connectivity index (χ4v) is 2.55. The Balaban J connectivity index is 1.70. The van der Waals surface area contributed by atoms with E-state index in [1.165, 1.54) is 25.7 Å². The Kier molecular flexibility index (Phi) is 4.74. The lowest BCUT2D eigenvalue weighted by atomic mass is 10.3. The zero-order valence-corrected chi connectivity index (χ0v) is 11.7. The molecule has 0 bridgehead atoms. The number of hydrogen-bond acceptors (Lipinski definition) is 4. The zero-order chi connectivity index (χ0) is 12.1. The van der Waals surface area contributed by atoms with Crippen LogP contribution in [0.15, 0.2) is 10.7 Å². The predicted octanol–water partition coefficient (Wildman–Crippen LogP) is 2.92. The summed E-state index contributed by atoms with van der Waals surface area (Å²) in [6.45, 7) is 3.41. The molecule has 94 valence electrons. The molecule has 1 aliphatic rings. The van der Waals surface area contributed by atoms with E-state index >= 15 is 0 Å². The number of ether oxygens (including phenoxy) is 1. The van der Waals surface area contributed by atoms with Crippen molar-refractivity contribution in [3.63, 3.8) is 0 Å². The SMILES string of the molecule is Cc1nc(Br)cc(NCCOC2CCCC2)n1. The first kappa shape index (κ1) is 12.8. The number of nitrogens with zero attached hydrogens (tertiary/aromatic N) is 2. The highest BCUT2D eigenvalue weighted by Crippen LogP contribution is 2.20. The van der Waals surface area contributed by atoms with Crippen LogP contribution >= 0.6 is 15.9 Å². The Morgan fingerprint density at radius 3 is 2.88 bits per heavy atom. The van der Waals surface area contributed by atoms with Gasteiger partial charge in [-0.2, -0.15) is 0 Å². The normalized spacial score (nSPS) is 16.4. The van der Waals surface area contributed by atoms with Crippen LogP contribution in [0, 0.1) is 6.92 Å². The number of rotatable bonds is 5. The molecule has 2 rings (SSSR count). The Hall–Kier alpha value is -0.680. The van der Waals surface area contributed by atoms with Crippen LogP contribution in [-0.4, -0.2) is 29.2 Å². The molecule has 1 fully saturated rings. The second-order valence-electron chi connectivity index (χ2n) is 4.33. The summed E-state index contributed by atoms with van der Waals surface area (Å²) in [5, 5.41) is 3.24. The summed E-state index contributed by atoms with van der Waals surface area (Å²) in [4.78, 5) is 8.46.